The van der Waals surface area contributed by atoms with Crippen LogP contribution in [0.25, 0.3) is 10.4 Å². The second kappa shape index (κ2) is 15.0. The van der Waals surface area contributed by atoms with Gasteiger partial charge in [0.1, 0.15) is 11.6 Å². The zero-order valence-corrected chi connectivity index (χ0v) is 24.5. The van der Waals surface area contributed by atoms with Gasteiger partial charge in [0.2, 0.25) is 5.90 Å². The SMILES string of the molecule is [N-]=[N+]=Nc1ccccc1C[C@]1(C(=O)NNCCc2ccc(F)cc2)N=C(c2ccc(OCCCO)cc2)O[C@H]1c1ccccc1. The number of carbonyl (C=O) groups is 1. The highest BCUT2D eigenvalue weighted by molar-refractivity contribution is 6.01. The minimum Gasteiger partial charge on any atom is -0.494 e. The summed E-state index contributed by atoms with van der Waals surface area (Å²) in [6, 6.07) is 29.8. The van der Waals surface area contributed by atoms with Crippen molar-refractivity contribution in [2.45, 2.75) is 30.9 Å². The number of nitrogens with one attached hydrogen (secondary N) is 2. The summed E-state index contributed by atoms with van der Waals surface area (Å²) in [6.07, 6.45) is 0.308. The van der Waals surface area contributed by atoms with Crippen LogP contribution in [0.15, 0.2) is 113 Å². The molecule has 0 saturated carbocycles. The Labute approximate surface area is 260 Å². The Hall–Kier alpha value is -5.22. The lowest BCUT2D eigenvalue weighted by atomic mass is 9.81. The summed E-state index contributed by atoms with van der Waals surface area (Å²) in [6.45, 7) is 0.803. The molecule has 0 unspecified atom stereocenters. The molecule has 0 spiro atoms. The van der Waals surface area contributed by atoms with E-state index in [-0.39, 0.29) is 24.7 Å². The van der Waals surface area contributed by atoms with Crippen molar-refractivity contribution in [3.63, 3.8) is 0 Å². The molecule has 0 aromatic heterocycles. The number of halogens is 1. The predicted molar refractivity (Wildman–Crippen MR) is 168 cm³/mol. The molecule has 0 fully saturated rings. The molecule has 11 heteroatoms. The quantitative estimate of drug-likeness (QED) is 0.0538. The van der Waals surface area contributed by atoms with Crippen molar-refractivity contribution in [2.24, 2.45) is 10.1 Å². The van der Waals surface area contributed by atoms with Crippen LogP contribution in [0.2, 0.25) is 0 Å². The number of aliphatic hydroxyl groups excluding tert-OH is 1. The van der Waals surface area contributed by atoms with Crippen LogP contribution in [0.5, 0.6) is 5.75 Å². The maximum Gasteiger partial charge on any atom is 0.266 e. The molecule has 230 valence electrons. The molecule has 3 N–H and O–H groups in total. The van der Waals surface area contributed by atoms with Gasteiger partial charge < -0.3 is 14.6 Å². The first-order valence-corrected chi connectivity index (χ1v) is 14.6. The van der Waals surface area contributed by atoms with Gasteiger partial charge in [0.25, 0.3) is 5.91 Å². The number of hydrazine groups is 1. The van der Waals surface area contributed by atoms with Crippen molar-refractivity contribution >= 4 is 17.5 Å². The molecule has 4 aromatic carbocycles. The van der Waals surface area contributed by atoms with Crippen molar-refractivity contribution in [2.75, 3.05) is 19.8 Å². The number of rotatable bonds is 14. The van der Waals surface area contributed by atoms with Crippen molar-refractivity contribution < 1.29 is 23.8 Å². The molecule has 1 aliphatic heterocycles. The molecule has 0 saturated heterocycles. The highest BCUT2D eigenvalue weighted by Gasteiger charge is 2.53. The zero-order valence-electron chi connectivity index (χ0n) is 24.5. The molecular weight excluding hydrogens is 575 g/mol. The molecule has 2 atom stereocenters. The van der Waals surface area contributed by atoms with E-state index < -0.39 is 17.6 Å². The minimum absolute atomic E-state index is 0.0393. The predicted octanol–water partition coefficient (Wildman–Crippen LogP) is 5.89. The molecule has 1 amide bonds. The smallest absolute Gasteiger partial charge is 0.266 e. The first-order chi connectivity index (χ1) is 22.0. The van der Waals surface area contributed by atoms with Crippen LogP contribution < -0.4 is 15.6 Å². The number of carbonyl (C=O) groups excluding carboxylic acids is 1. The maximum atomic E-state index is 14.3. The molecule has 1 aliphatic rings. The number of aliphatic imine (C=N–C) groups is 1. The van der Waals surface area contributed by atoms with Crippen molar-refractivity contribution in [1.82, 2.24) is 10.9 Å². The zero-order chi connectivity index (χ0) is 31.5. The third-order valence-electron chi connectivity index (χ3n) is 7.39. The van der Waals surface area contributed by atoms with Gasteiger partial charge >= 0.3 is 0 Å². The number of hydrogen-bond acceptors (Lipinski definition) is 7. The molecule has 1 heterocycles. The monoisotopic (exact) mass is 608 g/mol. The van der Waals surface area contributed by atoms with Crippen LogP contribution in [0, 0.1) is 5.82 Å². The van der Waals surface area contributed by atoms with Gasteiger partial charge in [0.15, 0.2) is 11.6 Å². The van der Waals surface area contributed by atoms with E-state index in [1.807, 2.05) is 36.4 Å². The first-order valence-electron chi connectivity index (χ1n) is 14.6. The lowest BCUT2D eigenvalue weighted by molar-refractivity contribution is -0.130. The number of amides is 1. The second-order valence-electron chi connectivity index (χ2n) is 10.5. The Morgan fingerprint density at radius 2 is 1.76 bits per heavy atom. The highest BCUT2D eigenvalue weighted by atomic mass is 19.1. The Morgan fingerprint density at radius 3 is 2.49 bits per heavy atom. The largest absolute Gasteiger partial charge is 0.494 e. The molecule has 0 radical (unpaired) electrons. The van der Waals surface area contributed by atoms with Crippen LogP contribution in [-0.2, 0) is 22.4 Å². The van der Waals surface area contributed by atoms with Gasteiger partial charge in [-0.25, -0.2) is 14.8 Å². The van der Waals surface area contributed by atoms with Gasteiger partial charge in [-0.3, -0.25) is 10.2 Å². The Balaban J connectivity index is 1.49. The normalized spacial score (nSPS) is 17.1. The second-order valence-corrected chi connectivity index (χ2v) is 10.5. The van der Waals surface area contributed by atoms with E-state index >= 15 is 0 Å². The van der Waals surface area contributed by atoms with E-state index in [1.165, 1.54) is 12.1 Å². The van der Waals surface area contributed by atoms with E-state index in [0.29, 0.717) is 48.6 Å². The van der Waals surface area contributed by atoms with Crippen LogP contribution >= 0.6 is 0 Å². The molecule has 0 aliphatic carbocycles. The fraction of sp³-hybridized carbons (Fsp3) is 0.235. The topological polar surface area (TPSA) is 141 Å². The molecule has 0 bridgehead atoms. The van der Waals surface area contributed by atoms with Crippen molar-refractivity contribution in [1.29, 1.82) is 0 Å². The van der Waals surface area contributed by atoms with Gasteiger partial charge in [0, 0.05) is 42.2 Å². The fourth-order valence-corrected chi connectivity index (χ4v) is 5.12. The average molecular weight is 609 g/mol. The number of ether oxygens (including phenoxy) is 2. The van der Waals surface area contributed by atoms with E-state index in [0.717, 1.165) is 11.1 Å². The Morgan fingerprint density at radius 1 is 1.02 bits per heavy atom. The maximum absolute atomic E-state index is 14.3. The molecule has 4 aromatic rings. The standard InChI is InChI=1S/C34H33FN6O4/c35-28-15-11-24(12-16-28)19-20-37-40-33(43)34(23-27-9-4-5-10-30(27)39-41-36)31(25-7-2-1-3-8-25)45-32(38-34)26-13-17-29(18-14-26)44-22-6-21-42/h1-5,7-18,31,37,42H,6,19-23H2,(H,40,43)/t31-,34-/m0/s1. The Bertz CT molecular complexity index is 1660. The number of benzene rings is 4. The molecule has 10 nitrogen and oxygen atoms in total. The number of azide groups is 1. The summed E-state index contributed by atoms with van der Waals surface area (Å²) in [7, 11) is 0. The summed E-state index contributed by atoms with van der Waals surface area (Å²) in [5, 5.41) is 12.9. The highest BCUT2D eigenvalue weighted by Crippen LogP contribution is 2.43. The van der Waals surface area contributed by atoms with Crippen LogP contribution in [0.1, 0.15) is 34.8 Å². The summed E-state index contributed by atoms with van der Waals surface area (Å²) in [5.74, 6) is 0.149. The summed E-state index contributed by atoms with van der Waals surface area (Å²) in [5.41, 5.74) is 16.8. The number of nitrogens with zero attached hydrogens (tertiary/aromatic N) is 4. The van der Waals surface area contributed by atoms with Crippen LogP contribution in [0.4, 0.5) is 10.1 Å². The van der Waals surface area contributed by atoms with E-state index in [4.69, 9.17) is 19.6 Å². The third-order valence-corrected chi connectivity index (χ3v) is 7.39. The number of hydrogen-bond donors (Lipinski definition) is 3. The Kier molecular flexibility index (Phi) is 10.4. The fourth-order valence-electron chi connectivity index (χ4n) is 5.12. The molecule has 5 rings (SSSR count). The number of aliphatic hydroxyl groups is 1. The summed E-state index contributed by atoms with van der Waals surface area (Å²) in [4.78, 5) is 22.3. The minimum atomic E-state index is -1.50. The van der Waals surface area contributed by atoms with E-state index in [9.17, 15) is 14.7 Å². The van der Waals surface area contributed by atoms with E-state index in [1.54, 1.807) is 54.6 Å². The summed E-state index contributed by atoms with van der Waals surface area (Å²) >= 11 is 0. The van der Waals surface area contributed by atoms with Gasteiger partial charge in [-0.1, -0.05) is 71.8 Å². The molecule has 45 heavy (non-hydrogen) atoms. The van der Waals surface area contributed by atoms with Crippen molar-refractivity contribution in [3.8, 4) is 5.75 Å². The van der Waals surface area contributed by atoms with Gasteiger partial charge in [0.05, 0.1) is 6.61 Å². The third kappa shape index (κ3) is 7.66. The van der Waals surface area contributed by atoms with E-state index in [2.05, 4.69) is 20.9 Å². The van der Waals surface area contributed by atoms with Gasteiger partial charge in [-0.05, 0) is 65.0 Å². The lowest BCUT2D eigenvalue weighted by Gasteiger charge is -2.31. The summed E-state index contributed by atoms with van der Waals surface area (Å²) < 4.78 is 25.5. The van der Waals surface area contributed by atoms with Gasteiger partial charge in [-0.2, -0.15) is 0 Å². The first kappa shape index (κ1) is 31.2. The van der Waals surface area contributed by atoms with Crippen molar-refractivity contribution in [3.05, 3.63) is 142 Å². The van der Waals surface area contributed by atoms with Crippen LogP contribution in [-0.4, -0.2) is 42.2 Å². The lowest BCUT2D eigenvalue weighted by Crippen LogP contribution is -2.54. The van der Waals surface area contributed by atoms with Gasteiger partial charge in [-0.15, -0.1) is 0 Å². The average Bonchev–Trinajstić information content (AvgIpc) is 3.46. The molecular formula is C34H33FN6O4. The van der Waals surface area contributed by atoms with Crippen LogP contribution in [0.3, 0.4) is 0 Å².